The molecule has 4 N–H and O–H groups in total. The van der Waals surface area contributed by atoms with Gasteiger partial charge in [-0.1, -0.05) is 24.3 Å². The number of anilines is 2. The molecule has 0 spiro atoms. The second kappa shape index (κ2) is 8.78. The summed E-state index contributed by atoms with van der Waals surface area (Å²) in [5, 5.41) is 19.5. The molecule has 170 valence electrons. The molecule has 2 aromatic carbocycles. The number of nitrogens with zero attached hydrogens (tertiary/aromatic N) is 3. The van der Waals surface area contributed by atoms with Gasteiger partial charge in [0, 0.05) is 35.0 Å². The van der Waals surface area contributed by atoms with Gasteiger partial charge in [-0.3, -0.25) is 19.8 Å². The Bertz CT molecular complexity index is 1420. The first-order chi connectivity index (χ1) is 16.4. The summed E-state index contributed by atoms with van der Waals surface area (Å²) in [5.41, 5.74) is 6.53. The Morgan fingerprint density at radius 2 is 1.82 bits per heavy atom. The summed E-state index contributed by atoms with van der Waals surface area (Å²) >= 11 is 0. The predicted octanol–water partition coefficient (Wildman–Crippen LogP) is 4.03. The Labute approximate surface area is 195 Å². The van der Waals surface area contributed by atoms with Gasteiger partial charge in [0.05, 0.1) is 0 Å². The second-order valence-electron chi connectivity index (χ2n) is 8.34. The van der Waals surface area contributed by atoms with Crippen LogP contribution in [0.1, 0.15) is 44.5 Å². The van der Waals surface area contributed by atoms with Crippen molar-refractivity contribution < 1.29 is 9.59 Å². The number of amides is 2. The van der Waals surface area contributed by atoms with Gasteiger partial charge in [-0.15, -0.1) is 0 Å². The topological polar surface area (TPSA) is 128 Å². The molecule has 4 aromatic rings. The first-order valence-corrected chi connectivity index (χ1v) is 10.9. The number of carbonyl (C=O) groups is 2. The van der Waals surface area contributed by atoms with Gasteiger partial charge >= 0.3 is 0 Å². The molecule has 0 saturated carbocycles. The summed E-state index contributed by atoms with van der Waals surface area (Å²) in [5.74, 6) is -0.312. The standard InChI is InChI=1S/C25H23N7O2/c1-14-8-22(31-29-14)25(34)27-18-5-3-4-16(11-18)10-17-6-7-21-19(12-17)20(24(33)28-21)13-26-23-9-15(2)30-32-23/h3-9,11-13,20H,10H2,1-2H3,(H,27,34)(H,28,33)(H,29,31)(H,30,32). The zero-order chi connectivity index (χ0) is 23.7. The van der Waals surface area contributed by atoms with E-state index in [0.29, 0.717) is 23.6 Å². The molecule has 2 aromatic heterocycles. The Balaban J connectivity index is 1.32. The van der Waals surface area contributed by atoms with Crippen LogP contribution >= 0.6 is 0 Å². The summed E-state index contributed by atoms with van der Waals surface area (Å²) in [6, 6.07) is 17.1. The lowest BCUT2D eigenvalue weighted by Crippen LogP contribution is -2.13. The third kappa shape index (κ3) is 4.49. The number of carbonyl (C=O) groups excluding carboxylic acids is 2. The summed E-state index contributed by atoms with van der Waals surface area (Å²) in [7, 11) is 0. The van der Waals surface area contributed by atoms with Gasteiger partial charge in [0.25, 0.3) is 5.91 Å². The highest BCUT2D eigenvalue weighted by atomic mass is 16.2. The smallest absolute Gasteiger partial charge is 0.276 e. The summed E-state index contributed by atoms with van der Waals surface area (Å²) < 4.78 is 0. The average molecular weight is 454 g/mol. The monoisotopic (exact) mass is 453 g/mol. The molecule has 5 rings (SSSR count). The van der Waals surface area contributed by atoms with E-state index in [-0.39, 0.29) is 11.8 Å². The largest absolute Gasteiger partial charge is 0.325 e. The lowest BCUT2D eigenvalue weighted by Gasteiger charge is -2.09. The summed E-state index contributed by atoms with van der Waals surface area (Å²) in [4.78, 5) is 29.3. The minimum absolute atomic E-state index is 0.110. The Morgan fingerprint density at radius 3 is 2.59 bits per heavy atom. The number of fused-ring (bicyclic) bond motifs is 1. The van der Waals surface area contributed by atoms with Crippen LogP contribution < -0.4 is 10.6 Å². The number of nitrogens with one attached hydrogen (secondary N) is 4. The Hall–Kier alpha value is -4.53. The van der Waals surface area contributed by atoms with Gasteiger partial charge in [-0.25, -0.2) is 4.99 Å². The fourth-order valence-corrected chi connectivity index (χ4v) is 3.94. The van der Waals surface area contributed by atoms with Gasteiger partial charge in [0.1, 0.15) is 5.92 Å². The van der Waals surface area contributed by atoms with E-state index in [0.717, 1.165) is 33.8 Å². The molecule has 1 aliphatic heterocycles. The van der Waals surface area contributed by atoms with Crippen molar-refractivity contribution in [2.24, 2.45) is 4.99 Å². The van der Waals surface area contributed by atoms with Gasteiger partial charge in [0.2, 0.25) is 5.91 Å². The molecule has 2 amide bonds. The van der Waals surface area contributed by atoms with Crippen LogP contribution in [0, 0.1) is 13.8 Å². The highest BCUT2D eigenvalue weighted by molar-refractivity contribution is 6.12. The lowest BCUT2D eigenvalue weighted by molar-refractivity contribution is -0.115. The van der Waals surface area contributed by atoms with Crippen molar-refractivity contribution in [3.8, 4) is 0 Å². The number of rotatable bonds is 6. The van der Waals surface area contributed by atoms with Gasteiger partial charge in [-0.2, -0.15) is 10.2 Å². The van der Waals surface area contributed by atoms with Gasteiger partial charge in [0.15, 0.2) is 11.5 Å². The van der Waals surface area contributed by atoms with Crippen LogP contribution in [0.15, 0.2) is 59.6 Å². The van der Waals surface area contributed by atoms with Crippen LogP contribution in [0.2, 0.25) is 0 Å². The fourth-order valence-electron chi connectivity index (χ4n) is 3.94. The number of hydrogen-bond donors (Lipinski definition) is 4. The average Bonchev–Trinajstić information content (AvgIpc) is 3.51. The van der Waals surface area contributed by atoms with E-state index >= 15 is 0 Å². The second-order valence-corrected chi connectivity index (χ2v) is 8.34. The molecule has 3 heterocycles. The van der Waals surface area contributed by atoms with E-state index in [1.54, 1.807) is 12.3 Å². The predicted molar refractivity (Wildman–Crippen MR) is 130 cm³/mol. The van der Waals surface area contributed by atoms with Crippen LogP contribution in [-0.4, -0.2) is 38.4 Å². The number of aromatic amines is 2. The van der Waals surface area contributed by atoms with Crippen molar-refractivity contribution >= 4 is 35.2 Å². The first-order valence-electron chi connectivity index (χ1n) is 10.9. The van der Waals surface area contributed by atoms with Crippen LogP contribution in [0.4, 0.5) is 17.2 Å². The van der Waals surface area contributed by atoms with Crippen LogP contribution in [0.5, 0.6) is 0 Å². The third-order valence-electron chi connectivity index (χ3n) is 5.57. The quantitative estimate of drug-likeness (QED) is 0.329. The molecule has 0 radical (unpaired) electrons. The highest BCUT2D eigenvalue weighted by Gasteiger charge is 2.29. The molecule has 9 nitrogen and oxygen atoms in total. The molecule has 0 bridgehead atoms. The molecule has 9 heteroatoms. The number of aliphatic imine (C=N–C) groups is 1. The van der Waals surface area contributed by atoms with Crippen molar-refractivity contribution in [3.05, 3.63) is 88.4 Å². The summed E-state index contributed by atoms with van der Waals surface area (Å²) in [6.07, 6.45) is 2.28. The van der Waals surface area contributed by atoms with Crippen LogP contribution in [-0.2, 0) is 11.2 Å². The normalized spacial score (nSPS) is 14.9. The van der Waals surface area contributed by atoms with E-state index < -0.39 is 5.92 Å². The van der Waals surface area contributed by atoms with Gasteiger partial charge in [-0.05, 0) is 61.2 Å². The number of aromatic nitrogens is 4. The maximum atomic E-state index is 12.5. The molecule has 1 atom stereocenters. The van der Waals surface area contributed by atoms with Crippen LogP contribution in [0.3, 0.4) is 0 Å². The number of benzene rings is 2. The zero-order valence-electron chi connectivity index (χ0n) is 18.7. The SMILES string of the molecule is Cc1cc(N=CC2C(=O)Nc3ccc(Cc4cccc(NC(=O)c5cc(C)[nH]n5)c4)cc32)n[nH]1. The molecular weight excluding hydrogens is 430 g/mol. The first kappa shape index (κ1) is 21.3. The van der Waals surface area contributed by atoms with E-state index in [9.17, 15) is 9.59 Å². The van der Waals surface area contributed by atoms with E-state index in [4.69, 9.17) is 0 Å². The molecule has 1 aliphatic rings. The summed E-state index contributed by atoms with van der Waals surface area (Å²) in [6.45, 7) is 3.74. The number of H-pyrrole nitrogens is 2. The fraction of sp³-hybridized carbons (Fsp3) is 0.160. The molecule has 0 aliphatic carbocycles. The van der Waals surface area contributed by atoms with Crippen molar-refractivity contribution in [3.63, 3.8) is 0 Å². The Kier molecular flexibility index (Phi) is 5.51. The van der Waals surface area contributed by atoms with Crippen LogP contribution in [0.25, 0.3) is 0 Å². The molecule has 1 unspecified atom stereocenters. The highest BCUT2D eigenvalue weighted by Crippen LogP contribution is 2.33. The molecule has 0 fully saturated rings. The number of aryl methyl sites for hydroxylation is 2. The van der Waals surface area contributed by atoms with E-state index in [1.807, 2.05) is 62.4 Å². The van der Waals surface area contributed by atoms with Crippen molar-refractivity contribution in [1.82, 2.24) is 20.4 Å². The van der Waals surface area contributed by atoms with Gasteiger partial charge < -0.3 is 10.6 Å². The maximum Gasteiger partial charge on any atom is 0.276 e. The Morgan fingerprint density at radius 1 is 1.03 bits per heavy atom. The van der Waals surface area contributed by atoms with Crippen molar-refractivity contribution in [2.75, 3.05) is 10.6 Å². The molecule has 34 heavy (non-hydrogen) atoms. The third-order valence-corrected chi connectivity index (χ3v) is 5.57. The minimum atomic E-state index is -0.477. The van der Waals surface area contributed by atoms with E-state index in [2.05, 4.69) is 36.0 Å². The maximum absolute atomic E-state index is 12.5. The minimum Gasteiger partial charge on any atom is -0.325 e. The molecule has 0 saturated heterocycles. The number of hydrogen-bond acceptors (Lipinski definition) is 5. The molecular formula is C25H23N7O2. The van der Waals surface area contributed by atoms with Crippen molar-refractivity contribution in [2.45, 2.75) is 26.2 Å². The lowest BCUT2D eigenvalue weighted by atomic mass is 9.96. The zero-order valence-corrected chi connectivity index (χ0v) is 18.7. The van der Waals surface area contributed by atoms with E-state index in [1.165, 1.54) is 0 Å². The van der Waals surface area contributed by atoms with Crippen molar-refractivity contribution in [1.29, 1.82) is 0 Å².